The van der Waals surface area contributed by atoms with Gasteiger partial charge in [-0.05, 0) is 12.0 Å². The summed E-state index contributed by atoms with van der Waals surface area (Å²) in [6.07, 6.45) is 4.94. The molecule has 0 bridgehead atoms. The van der Waals surface area contributed by atoms with Crippen LogP contribution >= 0.6 is 0 Å². The van der Waals surface area contributed by atoms with Crippen LogP contribution in [0.5, 0.6) is 0 Å². The quantitative estimate of drug-likeness (QED) is 0.573. The van der Waals surface area contributed by atoms with Crippen molar-refractivity contribution in [2.24, 2.45) is 0 Å². The minimum Gasteiger partial charge on any atom is -0.489 e. The summed E-state index contributed by atoms with van der Waals surface area (Å²) in [4.78, 5) is 25.0. The zero-order valence-electron chi connectivity index (χ0n) is 12.7. The topological polar surface area (TPSA) is 61.8 Å². The van der Waals surface area contributed by atoms with Crippen LogP contribution in [-0.2, 0) is 23.8 Å². The van der Waals surface area contributed by atoms with E-state index in [1.165, 1.54) is 14.2 Å². The van der Waals surface area contributed by atoms with Gasteiger partial charge in [-0.1, -0.05) is 25.8 Å². The molecule has 21 heavy (non-hydrogen) atoms. The molecule has 1 heterocycles. The van der Waals surface area contributed by atoms with Crippen molar-refractivity contribution in [3.8, 4) is 0 Å². The third kappa shape index (κ3) is 2.78. The number of unbranched alkanes of at least 4 members (excludes halogenated alkanes) is 2. The summed E-state index contributed by atoms with van der Waals surface area (Å²) < 4.78 is 15.6. The first-order valence-electron chi connectivity index (χ1n) is 7.07. The first kappa shape index (κ1) is 15.5. The molecule has 5 nitrogen and oxygen atoms in total. The molecule has 0 aromatic heterocycles. The van der Waals surface area contributed by atoms with Crippen molar-refractivity contribution < 1.29 is 23.8 Å². The number of carbonyl (C=O) groups excluding carboxylic acids is 2. The summed E-state index contributed by atoms with van der Waals surface area (Å²) in [7, 11) is 2.72. The number of rotatable bonds is 5. The van der Waals surface area contributed by atoms with Gasteiger partial charge < -0.3 is 14.2 Å². The summed E-state index contributed by atoms with van der Waals surface area (Å²) in [5, 5.41) is 0. The largest absolute Gasteiger partial charge is 0.489 e. The number of hydrogen-bond donors (Lipinski definition) is 0. The lowest BCUT2D eigenvalue weighted by atomic mass is 9.86. The highest BCUT2D eigenvalue weighted by Crippen LogP contribution is 2.33. The van der Waals surface area contributed by atoms with Crippen LogP contribution in [0.2, 0.25) is 0 Å². The summed E-state index contributed by atoms with van der Waals surface area (Å²) >= 11 is 0. The highest BCUT2D eigenvalue weighted by molar-refractivity contribution is 6.25. The van der Waals surface area contributed by atoms with Crippen LogP contribution in [-0.4, -0.2) is 39.0 Å². The van der Waals surface area contributed by atoms with Gasteiger partial charge in [0.15, 0.2) is 0 Å². The molecule has 0 spiro atoms. The van der Waals surface area contributed by atoms with Gasteiger partial charge in [0.25, 0.3) is 0 Å². The number of allylic oxidation sites excluding steroid dienone is 3. The number of ketones is 2. The van der Waals surface area contributed by atoms with E-state index < -0.39 is 0 Å². The highest BCUT2D eigenvalue weighted by atomic mass is 16.5. The molecule has 0 saturated heterocycles. The van der Waals surface area contributed by atoms with Crippen LogP contribution < -0.4 is 0 Å². The van der Waals surface area contributed by atoms with Crippen LogP contribution in [0.1, 0.15) is 26.2 Å². The van der Waals surface area contributed by atoms with E-state index in [1.54, 1.807) is 0 Å². The smallest absolute Gasteiger partial charge is 0.232 e. The van der Waals surface area contributed by atoms with Gasteiger partial charge in [0.2, 0.25) is 23.1 Å². The molecule has 114 valence electrons. The lowest BCUT2D eigenvalue weighted by Gasteiger charge is -2.27. The molecule has 0 aromatic carbocycles. The van der Waals surface area contributed by atoms with Gasteiger partial charge in [-0.3, -0.25) is 9.59 Å². The molecule has 0 atom stereocenters. The van der Waals surface area contributed by atoms with Gasteiger partial charge >= 0.3 is 0 Å². The lowest BCUT2D eigenvalue weighted by molar-refractivity contribution is -0.121. The Morgan fingerprint density at radius 1 is 1.10 bits per heavy atom. The van der Waals surface area contributed by atoms with E-state index in [9.17, 15) is 9.59 Å². The molecule has 0 N–H and O–H groups in total. The predicted molar refractivity (Wildman–Crippen MR) is 76.5 cm³/mol. The molecule has 0 radical (unpaired) electrons. The van der Waals surface area contributed by atoms with E-state index in [4.69, 9.17) is 14.2 Å². The Balaban J connectivity index is 2.43. The van der Waals surface area contributed by atoms with E-state index in [0.29, 0.717) is 17.8 Å². The molecule has 0 fully saturated rings. The van der Waals surface area contributed by atoms with Gasteiger partial charge in [0, 0.05) is 11.1 Å². The zero-order valence-corrected chi connectivity index (χ0v) is 12.7. The maximum Gasteiger partial charge on any atom is 0.232 e. The predicted octanol–water partition coefficient (Wildman–Crippen LogP) is 2.09. The molecule has 1 aliphatic carbocycles. The standard InChI is InChI=1S/C16H20O5/c1-4-5-6-7-10-8-21-9-11-12(10)14(18)16(20-3)15(19-2)13(11)17/h7H,4-6,8-9H2,1-3H3/b10-7+. The highest BCUT2D eigenvalue weighted by Gasteiger charge is 2.39. The first-order valence-corrected chi connectivity index (χ1v) is 7.07. The molecule has 1 aliphatic heterocycles. The number of hydrogen-bond acceptors (Lipinski definition) is 5. The number of carbonyl (C=O) groups is 2. The first-order chi connectivity index (χ1) is 10.2. The van der Waals surface area contributed by atoms with E-state index in [-0.39, 0.29) is 29.7 Å². The van der Waals surface area contributed by atoms with Gasteiger partial charge in [-0.2, -0.15) is 0 Å². The summed E-state index contributed by atoms with van der Waals surface area (Å²) in [6.45, 7) is 2.59. The fourth-order valence-electron chi connectivity index (χ4n) is 2.53. The van der Waals surface area contributed by atoms with Crippen molar-refractivity contribution in [3.05, 3.63) is 34.3 Å². The number of methoxy groups -OCH3 is 2. The summed E-state index contributed by atoms with van der Waals surface area (Å²) in [5.74, 6) is -0.691. The second-order valence-electron chi connectivity index (χ2n) is 4.94. The third-order valence-electron chi connectivity index (χ3n) is 3.60. The van der Waals surface area contributed by atoms with E-state index in [2.05, 4.69) is 6.92 Å². The Morgan fingerprint density at radius 2 is 1.76 bits per heavy atom. The minimum atomic E-state index is -0.329. The van der Waals surface area contributed by atoms with Gasteiger partial charge in [0.1, 0.15) is 0 Å². The van der Waals surface area contributed by atoms with Gasteiger partial charge in [0.05, 0.1) is 27.4 Å². The Kier molecular flexibility index (Phi) is 4.96. The molecule has 0 unspecified atom stereocenters. The van der Waals surface area contributed by atoms with E-state index >= 15 is 0 Å². The Bertz CT molecular complexity index is 551. The third-order valence-corrected chi connectivity index (χ3v) is 3.60. The zero-order chi connectivity index (χ0) is 15.4. The van der Waals surface area contributed by atoms with Crippen molar-refractivity contribution in [3.63, 3.8) is 0 Å². The number of Topliss-reactive ketones (excluding diaryl/α,β-unsaturated/α-hetero) is 2. The van der Waals surface area contributed by atoms with Gasteiger partial charge in [-0.25, -0.2) is 0 Å². The van der Waals surface area contributed by atoms with Crippen LogP contribution in [0.3, 0.4) is 0 Å². The molecule has 2 aliphatic rings. The average Bonchev–Trinajstić information content (AvgIpc) is 2.50. The molecule has 0 saturated carbocycles. The second-order valence-corrected chi connectivity index (χ2v) is 4.94. The van der Waals surface area contributed by atoms with E-state index in [1.807, 2.05) is 6.08 Å². The van der Waals surface area contributed by atoms with Crippen molar-refractivity contribution in [1.29, 1.82) is 0 Å². The molecule has 2 rings (SSSR count). The molecule has 0 amide bonds. The van der Waals surface area contributed by atoms with Crippen molar-refractivity contribution >= 4 is 11.6 Å². The van der Waals surface area contributed by atoms with Crippen LogP contribution in [0, 0.1) is 0 Å². The monoisotopic (exact) mass is 292 g/mol. The van der Waals surface area contributed by atoms with Crippen LogP contribution in [0.4, 0.5) is 0 Å². The Hall–Kier alpha value is -1.88. The molecular weight excluding hydrogens is 272 g/mol. The van der Waals surface area contributed by atoms with Crippen LogP contribution in [0.25, 0.3) is 0 Å². The maximum atomic E-state index is 12.6. The second kappa shape index (κ2) is 6.72. The van der Waals surface area contributed by atoms with Crippen molar-refractivity contribution in [1.82, 2.24) is 0 Å². The van der Waals surface area contributed by atoms with Crippen molar-refractivity contribution in [2.75, 3.05) is 27.4 Å². The molecule has 5 heteroatoms. The normalized spacial score (nSPS) is 21.0. The van der Waals surface area contributed by atoms with Gasteiger partial charge in [-0.15, -0.1) is 0 Å². The Morgan fingerprint density at radius 3 is 2.38 bits per heavy atom. The number of ether oxygens (including phenoxy) is 3. The minimum absolute atomic E-state index is 0.0236. The summed E-state index contributed by atoms with van der Waals surface area (Å²) in [5.41, 5.74) is 1.57. The lowest BCUT2D eigenvalue weighted by Crippen LogP contribution is -2.32. The summed E-state index contributed by atoms with van der Waals surface area (Å²) in [6, 6.07) is 0. The molecule has 0 aromatic rings. The SMILES string of the molecule is CCCC/C=C1\COCC2=C1C(=O)C(OC)=C(OC)C2=O. The van der Waals surface area contributed by atoms with Crippen molar-refractivity contribution in [2.45, 2.75) is 26.2 Å². The van der Waals surface area contributed by atoms with Crippen LogP contribution in [0.15, 0.2) is 34.3 Å². The maximum absolute atomic E-state index is 12.6. The average molecular weight is 292 g/mol. The molecular formula is C16H20O5. The fraction of sp³-hybridized carbons (Fsp3) is 0.500. The fourth-order valence-corrected chi connectivity index (χ4v) is 2.53. The van der Waals surface area contributed by atoms with E-state index in [0.717, 1.165) is 24.8 Å². The Labute approximate surface area is 124 Å².